The summed E-state index contributed by atoms with van der Waals surface area (Å²) in [5.74, 6) is 2.11. The number of benzene rings is 2. The fourth-order valence-electron chi connectivity index (χ4n) is 4.20. The molecule has 7 nitrogen and oxygen atoms in total. The molecule has 3 aromatic rings. The van der Waals surface area contributed by atoms with Crippen molar-refractivity contribution in [2.45, 2.75) is 71.2 Å². The maximum absolute atomic E-state index is 10.8. The second-order valence-electron chi connectivity index (χ2n) is 10.4. The summed E-state index contributed by atoms with van der Waals surface area (Å²) in [7, 11) is 1.65. The average molecular weight is 494 g/mol. The lowest BCUT2D eigenvalue weighted by atomic mass is 10.1. The van der Waals surface area contributed by atoms with E-state index in [0.29, 0.717) is 37.4 Å². The molecule has 7 heteroatoms. The molecule has 194 valence electrons. The molecule has 0 unspecified atom stereocenters. The van der Waals surface area contributed by atoms with Crippen molar-refractivity contribution in [1.82, 2.24) is 14.7 Å². The number of nitrogens with zero attached hydrogens (tertiary/aromatic N) is 3. The van der Waals surface area contributed by atoms with Gasteiger partial charge in [-0.05, 0) is 64.3 Å². The van der Waals surface area contributed by atoms with Gasteiger partial charge in [-0.2, -0.15) is 5.10 Å². The van der Waals surface area contributed by atoms with Crippen molar-refractivity contribution in [2.24, 2.45) is 0 Å². The van der Waals surface area contributed by atoms with E-state index in [4.69, 9.17) is 19.3 Å². The number of para-hydroxylation sites is 1. The minimum Gasteiger partial charge on any atom is -0.497 e. The highest BCUT2D eigenvalue weighted by Crippen LogP contribution is 2.36. The Morgan fingerprint density at radius 2 is 1.81 bits per heavy atom. The molecule has 0 radical (unpaired) electrons. The first kappa shape index (κ1) is 26.2. The third-order valence-corrected chi connectivity index (χ3v) is 6.19. The number of ether oxygens (including phenoxy) is 3. The van der Waals surface area contributed by atoms with E-state index in [-0.39, 0.29) is 5.60 Å². The Balaban J connectivity index is 1.66. The Bertz CT molecular complexity index is 1120. The minimum atomic E-state index is -0.568. The number of hydrogen-bond donors (Lipinski definition) is 1. The summed E-state index contributed by atoms with van der Waals surface area (Å²) in [5, 5.41) is 15.7. The summed E-state index contributed by atoms with van der Waals surface area (Å²) >= 11 is 0. The van der Waals surface area contributed by atoms with Crippen LogP contribution in [-0.2, 0) is 17.7 Å². The lowest BCUT2D eigenvalue weighted by Gasteiger charge is -2.27. The number of aromatic nitrogens is 2. The van der Waals surface area contributed by atoms with E-state index >= 15 is 0 Å². The highest BCUT2D eigenvalue weighted by Gasteiger charge is 2.33. The van der Waals surface area contributed by atoms with Gasteiger partial charge in [0.25, 0.3) is 0 Å². The molecule has 1 aliphatic carbocycles. The van der Waals surface area contributed by atoms with Crippen molar-refractivity contribution < 1.29 is 19.3 Å². The highest BCUT2D eigenvalue weighted by atomic mass is 16.5. The number of aliphatic hydroxyl groups is 1. The van der Waals surface area contributed by atoms with Gasteiger partial charge in [-0.1, -0.05) is 31.2 Å². The van der Waals surface area contributed by atoms with Gasteiger partial charge >= 0.3 is 0 Å². The molecule has 36 heavy (non-hydrogen) atoms. The van der Waals surface area contributed by atoms with Gasteiger partial charge in [-0.25, -0.2) is 4.68 Å². The Morgan fingerprint density at radius 1 is 1.08 bits per heavy atom. The molecule has 0 spiro atoms. The van der Waals surface area contributed by atoms with Crippen LogP contribution in [0, 0.1) is 0 Å². The van der Waals surface area contributed by atoms with Crippen molar-refractivity contribution in [1.29, 1.82) is 0 Å². The number of methoxy groups -OCH3 is 1. The molecular formula is C29H39N3O4. The smallest absolute Gasteiger partial charge is 0.227 e. The second kappa shape index (κ2) is 11.5. The van der Waals surface area contributed by atoms with E-state index in [1.54, 1.807) is 7.11 Å². The molecule has 0 bridgehead atoms. The molecule has 1 N–H and O–H groups in total. The van der Waals surface area contributed by atoms with Gasteiger partial charge in [0.1, 0.15) is 11.5 Å². The first-order chi connectivity index (χ1) is 17.3. The third-order valence-electron chi connectivity index (χ3n) is 6.19. The van der Waals surface area contributed by atoms with E-state index in [1.807, 2.05) is 80.1 Å². The van der Waals surface area contributed by atoms with Crippen molar-refractivity contribution in [3.63, 3.8) is 0 Å². The average Bonchev–Trinajstić information content (AvgIpc) is 3.66. The molecule has 2 aromatic carbocycles. The van der Waals surface area contributed by atoms with Gasteiger partial charge in [-0.15, -0.1) is 0 Å². The van der Waals surface area contributed by atoms with Gasteiger partial charge in [0.2, 0.25) is 5.88 Å². The SMILES string of the molecule is CCc1nn(-c2ccccc2)c(Oc2cccc(OC)c2)c1CN(C[C@@H](O)COC(C)(C)C)C1CC1. The van der Waals surface area contributed by atoms with Gasteiger partial charge in [-0.3, -0.25) is 4.90 Å². The number of aliphatic hydroxyl groups excluding tert-OH is 1. The fraction of sp³-hybridized carbons (Fsp3) is 0.483. The van der Waals surface area contributed by atoms with Crippen LogP contribution < -0.4 is 9.47 Å². The number of hydrogen-bond acceptors (Lipinski definition) is 6. The standard InChI is InChI=1S/C29H39N3O4/c1-6-27-26(19-31(21-15-16-21)18-23(33)20-35-29(2,3)4)28(32(30-27)22-11-8-7-9-12-22)36-25-14-10-13-24(17-25)34-5/h7-14,17,21,23,33H,6,15-16,18-20H2,1-5H3/t23-/m1/s1. The van der Waals surface area contributed by atoms with Crippen LogP contribution in [0.3, 0.4) is 0 Å². The Kier molecular flexibility index (Phi) is 8.34. The van der Waals surface area contributed by atoms with E-state index in [9.17, 15) is 5.11 Å². The molecule has 1 saturated carbocycles. The number of aryl methyl sites for hydroxylation is 1. The summed E-state index contributed by atoms with van der Waals surface area (Å²) in [4.78, 5) is 2.35. The van der Waals surface area contributed by atoms with Crippen LogP contribution in [0.1, 0.15) is 51.8 Å². The first-order valence-corrected chi connectivity index (χ1v) is 12.8. The second-order valence-corrected chi connectivity index (χ2v) is 10.4. The molecule has 1 atom stereocenters. The fourth-order valence-corrected chi connectivity index (χ4v) is 4.20. The normalized spacial score (nSPS) is 14.8. The molecule has 0 aliphatic heterocycles. The summed E-state index contributed by atoms with van der Waals surface area (Å²) in [5.41, 5.74) is 2.69. The highest BCUT2D eigenvalue weighted by molar-refractivity contribution is 5.44. The molecule has 1 heterocycles. The Hall–Kier alpha value is -2.87. The van der Waals surface area contributed by atoms with Crippen LogP contribution in [-0.4, -0.2) is 57.8 Å². The Morgan fingerprint density at radius 3 is 2.44 bits per heavy atom. The molecule has 0 amide bonds. The van der Waals surface area contributed by atoms with E-state index in [0.717, 1.165) is 42.0 Å². The van der Waals surface area contributed by atoms with Crippen molar-refractivity contribution in [3.8, 4) is 23.1 Å². The van der Waals surface area contributed by atoms with Crippen molar-refractivity contribution in [2.75, 3.05) is 20.3 Å². The molecule has 0 saturated heterocycles. The molecule has 1 aromatic heterocycles. The predicted octanol–water partition coefficient (Wildman–Crippen LogP) is 5.38. The summed E-state index contributed by atoms with van der Waals surface area (Å²) in [6.45, 7) is 9.63. The third kappa shape index (κ3) is 6.87. The van der Waals surface area contributed by atoms with Crippen LogP contribution in [0.2, 0.25) is 0 Å². The van der Waals surface area contributed by atoms with Gasteiger partial charge in [0.15, 0.2) is 0 Å². The lowest BCUT2D eigenvalue weighted by Crippen LogP contribution is -2.38. The van der Waals surface area contributed by atoms with E-state index in [2.05, 4.69) is 11.8 Å². The van der Waals surface area contributed by atoms with Crippen LogP contribution in [0.4, 0.5) is 0 Å². The quantitative estimate of drug-likeness (QED) is 0.366. The predicted molar refractivity (Wildman–Crippen MR) is 141 cm³/mol. The summed E-state index contributed by atoms with van der Waals surface area (Å²) in [6, 6.07) is 18.1. The number of rotatable bonds is 12. The topological polar surface area (TPSA) is 69.0 Å². The zero-order chi connectivity index (χ0) is 25.7. The molecule has 4 rings (SSSR count). The largest absolute Gasteiger partial charge is 0.497 e. The minimum absolute atomic E-state index is 0.282. The van der Waals surface area contributed by atoms with E-state index in [1.165, 1.54) is 0 Å². The molecule has 1 fully saturated rings. The van der Waals surface area contributed by atoms with Crippen LogP contribution in [0.5, 0.6) is 17.4 Å². The van der Waals surface area contributed by atoms with E-state index < -0.39 is 6.10 Å². The lowest BCUT2D eigenvalue weighted by molar-refractivity contribution is -0.0573. The van der Waals surface area contributed by atoms with Gasteiger partial charge in [0, 0.05) is 25.2 Å². The van der Waals surface area contributed by atoms with Crippen molar-refractivity contribution >= 4 is 0 Å². The van der Waals surface area contributed by atoms with Crippen LogP contribution in [0.15, 0.2) is 54.6 Å². The zero-order valence-corrected chi connectivity index (χ0v) is 22.1. The maximum Gasteiger partial charge on any atom is 0.227 e. The van der Waals surface area contributed by atoms with Crippen LogP contribution >= 0.6 is 0 Å². The van der Waals surface area contributed by atoms with Gasteiger partial charge in [0.05, 0.1) is 42.4 Å². The summed E-state index contributed by atoms with van der Waals surface area (Å²) < 4.78 is 19.7. The zero-order valence-electron chi connectivity index (χ0n) is 22.1. The monoisotopic (exact) mass is 493 g/mol. The Labute approximate surface area is 214 Å². The maximum atomic E-state index is 10.8. The molecule has 1 aliphatic rings. The molecular weight excluding hydrogens is 454 g/mol. The van der Waals surface area contributed by atoms with Crippen molar-refractivity contribution in [3.05, 3.63) is 65.9 Å². The van der Waals surface area contributed by atoms with Gasteiger partial charge < -0.3 is 19.3 Å². The van der Waals surface area contributed by atoms with Crippen LogP contribution in [0.25, 0.3) is 5.69 Å². The summed E-state index contributed by atoms with van der Waals surface area (Å²) in [6.07, 6.45) is 2.47. The first-order valence-electron chi connectivity index (χ1n) is 12.8.